The second-order valence-corrected chi connectivity index (χ2v) is 7.21. The lowest BCUT2D eigenvalue weighted by Gasteiger charge is -2.33. The van der Waals surface area contributed by atoms with E-state index in [1.807, 2.05) is 0 Å². The highest BCUT2D eigenvalue weighted by Gasteiger charge is 2.49. The Balaban J connectivity index is 2.10. The second kappa shape index (κ2) is 4.55. The van der Waals surface area contributed by atoms with Crippen molar-refractivity contribution in [2.24, 2.45) is 11.8 Å². The number of ether oxygens (including phenoxy) is 1. The molecule has 1 aliphatic carbocycles. The van der Waals surface area contributed by atoms with Crippen LogP contribution in [-0.4, -0.2) is 22.4 Å². The van der Waals surface area contributed by atoms with Crippen LogP contribution in [0.2, 0.25) is 0 Å². The van der Waals surface area contributed by atoms with Crippen molar-refractivity contribution in [3.8, 4) is 0 Å². The van der Waals surface area contributed by atoms with Crippen molar-refractivity contribution in [1.82, 2.24) is 0 Å². The second-order valence-electron chi connectivity index (χ2n) is 7.21. The molecular weight excluding hydrogens is 212 g/mol. The van der Waals surface area contributed by atoms with Crippen LogP contribution in [0.4, 0.5) is 0 Å². The molecular formula is C15H28O2. The molecule has 1 N–H and O–H groups in total. The normalized spacial score (nSPS) is 41.1. The Morgan fingerprint density at radius 3 is 2.29 bits per heavy atom. The van der Waals surface area contributed by atoms with Gasteiger partial charge < -0.3 is 9.84 Å². The van der Waals surface area contributed by atoms with E-state index in [1.54, 1.807) is 0 Å². The Morgan fingerprint density at radius 1 is 1.06 bits per heavy atom. The van der Waals surface area contributed by atoms with Gasteiger partial charge in [-0.1, -0.05) is 12.8 Å². The number of hydrogen-bond acceptors (Lipinski definition) is 2. The van der Waals surface area contributed by atoms with Crippen LogP contribution in [-0.2, 0) is 4.74 Å². The monoisotopic (exact) mass is 240 g/mol. The SMILES string of the molecule is CC1(C)CC(C2CCCCC(O)C2)C(C)(C)O1. The summed E-state index contributed by atoms with van der Waals surface area (Å²) in [7, 11) is 0. The topological polar surface area (TPSA) is 29.5 Å². The third-order valence-corrected chi connectivity index (χ3v) is 4.65. The molecule has 3 atom stereocenters. The van der Waals surface area contributed by atoms with Gasteiger partial charge in [0, 0.05) is 0 Å². The minimum atomic E-state index is -0.0815. The highest BCUT2D eigenvalue weighted by atomic mass is 16.5. The quantitative estimate of drug-likeness (QED) is 0.711. The third-order valence-electron chi connectivity index (χ3n) is 4.65. The first kappa shape index (κ1) is 13.4. The van der Waals surface area contributed by atoms with Gasteiger partial charge in [-0.05, 0) is 65.2 Å². The van der Waals surface area contributed by atoms with Crippen LogP contribution in [0.5, 0.6) is 0 Å². The third kappa shape index (κ3) is 3.03. The van der Waals surface area contributed by atoms with Gasteiger partial charge in [-0.25, -0.2) is 0 Å². The van der Waals surface area contributed by atoms with Gasteiger partial charge in [0.25, 0.3) is 0 Å². The average molecular weight is 240 g/mol. The lowest BCUT2D eigenvalue weighted by Crippen LogP contribution is -2.34. The molecule has 0 aromatic heterocycles. The zero-order valence-corrected chi connectivity index (χ0v) is 11.8. The summed E-state index contributed by atoms with van der Waals surface area (Å²) in [5.74, 6) is 1.24. The first-order valence-corrected chi connectivity index (χ1v) is 7.18. The summed E-state index contributed by atoms with van der Waals surface area (Å²) in [5.41, 5.74) is -0.0242. The summed E-state index contributed by atoms with van der Waals surface area (Å²) in [6.45, 7) is 8.84. The van der Waals surface area contributed by atoms with E-state index in [9.17, 15) is 5.11 Å². The Bertz CT molecular complexity index is 270. The molecule has 0 bridgehead atoms. The van der Waals surface area contributed by atoms with E-state index in [1.165, 1.54) is 19.3 Å². The van der Waals surface area contributed by atoms with Crippen molar-refractivity contribution >= 4 is 0 Å². The summed E-state index contributed by atoms with van der Waals surface area (Å²) in [5, 5.41) is 9.98. The molecule has 1 heterocycles. The predicted octanol–water partition coefficient (Wildman–Crippen LogP) is 3.52. The lowest BCUT2D eigenvalue weighted by molar-refractivity contribution is -0.0817. The zero-order valence-electron chi connectivity index (χ0n) is 11.8. The van der Waals surface area contributed by atoms with Crippen LogP contribution >= 0.6 is 0 Å². The molecule has 3 unspecified atom stereocenters. The summed E-state index contributed by atoms with van der Waals surface area (Å²) < 4.78 is 6.20. The van der Waals surface area contributed by atoms with Crippen molar-refractivity contribution in [1.29, 1.82) is 0 Å². The Labute approximate surface area is 106 Å². The first-order valence-electron chi connectivity index (χ1n) is 7.18. The van der Waals surface area contributed by atoms with Gasteiger partial charge >= 0.3 is 0 Å². The Hall–Kier alpha value is -0.0800. The van der Waals surface area contributed by atoms with Gasteiger partial charge in [0.05, 0.1) is 17.3 Å². The molecule has 1 aliphatic heterocycles. The molecule has 2 aliphatic rings. The van der Waals surface area contributed by atoms with Gasteiger partial charge in [-0.15, -0.1) is 0 Å². The zero-order chi connectivity index (χ0) is 12.7. The molecule has 0 spiro atoms. The first-order chi connectivity index (χ1) is 7.80. The highest BCUT2D eigenvalue weighted by Crippen LogP contribution is 2.48. The number of aliphatic hydroxyl groups excluding tert-OH is 1. The van der Waals surface area contributed by atoms with Crippen molar-refractivity contribution in [3.05, 3.63) is 0 Å². The number of aliphatic hydroxyl groups is 1. The fourth-order valence-electron chi connectivity index (χ4n) is 4.08. The van der Waals surface area contributed by atoms with Crippen LogP contribution in [0, 0.1) is 11.8 Å². The maximum atomic E-state index is 9.98. The molecule has 2 fully saturated rings. The number of hydrogen-bond donors (Lipinski definition) is 1. The molecule has 2 rings (SSSR count). The smallest absolute Gasteiger partial charge is 0.0665 e. The minimum absolute atomic E-state index is 0.00538. The van der Waals surface area contributed by atoms with E-state index in [4.69, 9.17) is 4.74 Å². The lowest BCUT2D eigenvalue weighted by atomic mass is 9.74. The summed E-state index contributed by atoms with van der Waals surface area (Å²) in [6, 6.07) is 0. The van der Waals surface area contributed by atoms with E-state index in [2.05, 4.69) is 27.7 Å². The van der Waals surface area contributed by atoms with Crippen LogP contribution in [0.25, 0.3) is 0 Å². The van der Waals surface area contributed by atoms with Crippen molar-refractivity contribution in [2.75, 3.05) is 0 Å². The van der Waals surface area contributed by atoms with Crippen LogP contribution < -0.4 is 0 Å². The fourth-order valence-corrected chi connectivity index (χ4v) is 4.08. The molecule has 1 saturated heterocycles. The maximum absolute atomic E-state index is 9.98. The van der Waals surface area contributed by atoms with Crippen molar-refractivity contribution in [3.63, 3.8) is 0 Å². The van der Waals surface area contributed by atoms with Crippen molar-refractivity contribution < 1.29 is 9.84 Å². The molecule has 0 amide bonds. The van der Waals surface area contributed by atoms with E-state index >= 15 is 0 Å². The average Bonchev–Trinajstić information content (AvgIpc) is 2.36. The van der Waals surface area contributed by atoms with E-state index in [-0.39, 0.29) is 17.3 Å². The van der Waals surface area contributed by atoms with Gasteiger partial charge in [0.15, 0.2) is 0 Å². The summed E-state index contributed by atoms with van der Waals surface area (Å²) in [6.07, 6.45) is 6.76. The Kier molecular flexibility index (Phi) is 3.57. The molecule has 2 nitrogen and oxygen atoms in total. The van der Waals surface area contributed by atoms with Gasteiger partial charge in [-0.2, -0.15) is 0 Å². The van der Waals surface area contributed by atoms with Crippen LogP contribution in [0.1, 0.15) is 66.2 Å². The highest BCUT2D eigenvalue weighted by molar-refractivity contribution is 4.97. The molecule has 0 aromatic rings. The molecule has 100 valence electrons. The maximum Gasteiger partial charge on any atom is 0.0665 e. The van der Waals surface area contributed by atoms with Gasteiger partial charge in [0.2, 0.25) is 0 Å². The standard InChI is InChI=1S/C15H28O2/c1-14(2)10-13(15(3,4)17-14)11-7-5-6-8-12(16)9-11/h11-13,16H,5-10H2,1-4H3. The minimum Gasteiger partial charge on any atom is -0.393 e. The van der Waals surface area contributed by atoms with E-state index in [0.717, 1.165) is 19.3 Å². The largest absolute Gasteiger partial charge is 0.393 e. The summed E-state index contributed by atoms with van der Waals surface area (Å²) >= 11 is 0. The van der Waals surface area contributed by atoms with E-state index < -0.39 is 0 Å². The van der Waals surface area contributed by atoms with E-state index in [0.29, 0.717) is 11.8 Å². The molecule has 2 heteroatoms. The van der Waals surface area contributed by atoms with Gasteiger partial charge in [0.1, 0.15) is 0 Å². The molecule has 1 saturated carbocycles. The van der Waals surface area contributed by atoms with Crippen LogP contribution in [0.15, 0.2) is 0 Å². The molecule has 0 aromatic carbocycles. The van der Waals surface area contributed by atoms with Gasteiger partial charge in [-0.3, -0.25) is 0 Å². The molecule has 17 heavy (non-hydrogen) atoms. The van der Waals surface area contributed by atoms with Crippen LogP contribution in [0.3, 0.4) is 0 Å². The summed E-state index contributed by atoms with van der Waals surface area (Å²) in [4.78, 5) is 0. The number of rotatable bonds is 1. The fraction of sp³-hybridized carbons (Fsp3) is 1.00. The molecule has 0 radical (unpaired) electrons. The Morgan fingerprint density at radius 2 is 1.71 bits per heavy atom. The van der Waals surface area contributed by atoms with Crippen molar-refractivity contribution in [2.45, 2.75) is 83.5 Å². The predicted molar refractivity (Wildman–Crippen MR) is 69.9 cm³/mol.